The van der Waals surface area contributed by atoms with Gasteiger partial charge in [0, 0.05) is 22.2 Å². The van der Waals surface area contributed by atoms with Gasteiger partial charge in [0.15, 0.2) is 0 Å². The highest BCUT2D eigenvalue weighted by molar-refractivity contribution is 9.10. The fourth-order valence-electron chi connectivity index (χ4n) is 0.956. The zero-order chi connectivity index (χ0) is 9.68. The number of ether oxygens (including phenoxy) is 1. The van der Waals surface area contributed by atoms with Crippen LogP contribution in [0.15, 0.2) is 27.8 Å². The molecule has 1 aromatic carbocycles. The first kappa shape index (κ1) is 10.1. The molecule has 0 unspecified atom stereocenters. The Balaban J connectivity index is 3.10. The fraction of sp³-hybridized carbons (Fsp3) is 0.250. The van der Waals surface area contributed by atoms with Crippen LogP contribution in [0, 0.1) is 0 Å². The molecule has 0 fully saturated rings. The van der Waals surface area contributed by atoms with Crippen LogP contribution in [0.2, 0.25) is 0 Å². The van der Waals surface area contributed by atoms with Crippen molar-refractivity contribution < 1.29 is 4.74 Å². The average Bonchev–Trinajstić information content (AvgIpc) is 2.10. The lowest BCUT2D eigenvalue weighted by molar-refractivity contribution is 0.185. The number of methoxy groups -OCH3 is 1. The Bertz CT molecular complexity index is 347. The molecule has 0 amide bonds. The molecule has 4 nitrogen and oxygen atoms in total. The second kappa shape index (κ2) is 4.87. The van der Waals surface area contributed by atoms with Gasteiger partial charge in [-0.25, -0.2) is 0 Å². The fourth-order valence-corrected chi connectivity index (χ4v) is 1.30. The minimum Gasteiger partial charge on any atom is -0.380 e. The van der Waals surface area contributed by atoms with Crippen LogP contribution < -0.4 is 0 Å². The summed E-state index contributed by atoms with van der Waals surface area (Å²) in [7, 11) is 1.60. The van der Waals surface area contributed by atoms with E-state index in [9.17, 15) is 0 Å². The molecule has 1 aromatic rings. The third kappa shape index (κ3) is 2.73. The van der Waals surface area contributed by atoms with Crippen LogP contribution in [0.25, 0.3) is 10.4 Å². The summed E-state index contributed by atoms with van der Waals surface area (Å²) in [5.74, 6) is 0. The van der Waals surface area contributed by atoms with Gasteiger partial charge < -0.3 is 4.74 Å². The SMILES string of the molecule is COCc1ccc(Br)cc1N=[N+]=[N-]. The van der Waals surface area contributed by atoms with Gasteiger partial charge in [-0.05, 0) is 23.2 Å². The predicted octanol–water partition coefficient (Wildman–Crippen LogP) is 3.54. The largest absolute Gasteiger partial charge is 0.380 e. The van der Waals surface area contributed by atoms with Crippen molar-refractivity contribution in [2.24, 2.45) is 5.11 Å². The monoisotopic (exact) mass is 241 g/mol. The van der Waals surface area contributed by atoms with Crippen LogP contribution >= 0.6 is 15.9 Å². The molecule has 0 atom stereocenters. The number of hydrogen-bond acceptors (Lipinski definition) is 2. The molecule has 0 aliphatic carbocycles. The summed E-state index contributed by atoms with van der Waals surface area (Å²) in [6.07, 6.45) is 0. The molecule has 0 spiro atoms. The van der Waals surface area contributed by atoms with E-state index in [4.69, 9.17) is 10.3 Å². The van der Waals surface area contributed by atoms with Gasteiger partial charge in [-0.1, -0.05) is 27.1 Å². The lowest BCUT2D eigenvalue weighted by Gasteiger charge is -2.03. The van der Waals surface area contributed by atoms with Crippen molar-refractivity contribution >= 4 is 21.6 Å². The second-order valence-electron chi connectivity index (χ2n) is 2.40. The van der Waals surface area contributed by atoms with E-state index in [2.05, 4.69) is 26.0 Å². The molecule has 0 aliphatic heterocycles. The van der Waals surface area contributed by atoms with Crippen LogP contribution in [0.1, 0.15) is 5.56 Å². The molecule has 1 rings (SSSR count). The van der Waals surface area contributed by atoms with E-state index in [1.807, 2.05) is 12.1 Å². The molecule has 0 heterocycles. The van der Waals surface area contributed by atoms with Gasteiger partial charge in [-0.2, -0.15) is 0 Å². The van der Waals surface area contributed by atoms with Crippen molar-refractivity contribution in [2.75, 3.05) is 7.11 Å². The van der Waals surface area contributed by atoms with Crippen LogP contribution in [-0.2, 0) is 11.3 Å². The summed E-state index contributed by atoms with van der Waals surface area (Å²) in [5.41, 5.74) is 9.78. The van der Waals surface area contributed by atoms with E-state index < -0.39 is 0 Å². The molecule has 0 saturated heterocycles. The maximum absolute atomic E-state index is 8.31. The number of rotatable bonds is 3. The molecule has 0 radical (unpaired) electrons. The third-order valence-electron chi connectivity index (χ3n) is 1.50. The van der Waals surface area contributed by atoms with Crippen molar-refractivity contribution in [1.82, 2.24) is 0 Å². The molecule has 0 saturated carbocycles. The molecule has 0 aliphatic rings. The van der Waals surface area contributed by atoms with Crippen LogP contribution in [-0.4, -0.2) is 7.11 Å². The van der Waals surface area contributed by atoms with Crippen LogP contribution in [0.5, 0.6) is 0 Å². The average molecular weight is 242 g/mol. The first-order valence-corrected chi connectivity index (χ1v) is 4.39. The van der Waals surface area contributed by atoms with E-state index in [0.29, 0.717) is 12.3 Å². The molecule has 13 heavy (non-hydrogen) atoms. The van der Waals surface area contributed by atoms with Gasteiger partial charge in [-0.15, -0.1) is 0 Å². The van der Waals surface area contributed by atoms with Gasteiger partial charge in [0.1, 0.15) is 0 Å². The van der Waals surface area contributed by atoms with Gasteiger partial charge in [0.25, 0.3) is 0 Å². The summed E-state index contributed by atoms with van der Waals surface area (Å²) in [6, 6.07) is 5.50. The van der Waals surface area contributed by atoms with E-state index in [1.165, 1.54) is 0 Å². The molecule has 0 N–H and O–H groups in total. The van der Waals surface area contributed by atoms with Crippen molar-refractivity contribution in [3.63, 3.8) is 0 Å². The Kier molecular flexibility index (Phi) is 3.76. The maximum Gasteiger partial charge on any atom is 0.0717 e. The predicted molar refractivity (Wildman–Crippen MR) is 53.7 cm³/mol. The number of azide groups is 1. The summed E-state index contributed by atoms with van der Waals surface area (Å²) in [5, 5.41) is 3.56. The topological polar surface area (TPSA) is 58.0 Å². The number of benzene rings is 1. The third-order valence-corrected chi connectivity index (χ3v) is 1.99. The Morgan fingerprint density at radius 1 is 1.62 bits per heavy atom. The Morgan fingerprint density at radius 2 is 2.38 bits per heavy atom. The Morgan fingerprint density at radius 3 is 3.00 bits per heavy atom. The van der Waals surface area contributed by atoms with Crippen molar-refractivity contribution in [3.8, 4) is 0 Å². The van der Waals surface area contributed by atoms with Gasteiger partial charge in [0.05, 0.1) is 6.61 Å². The Hall–Kier alpha value is -1.03. The smallest absolute Gasteiger partial charge is 0.0717 e. The van der Waals surface area contributed by atoms with E-state index >= 15 is 0 Å². The van der Waals surface area contributed by atoms with Crippen LogP contribution in [0.3, 0.4) is 0 Å². The van der Waals surface area contributed by atoms with Gasteiger partial charge in [-0.3, -0.25) is 0 Å². The Labute approximate surface area is 84.3 Å². The highest BCUT2D eigenvalue weighted by Crippen LogP contribution is 2.24. The lowest BCUT2D eigenvalue weighted by Crippen LogP contribution is -1.87. The molecule has 0 bridgehead atoms. The zero-order valence-corrected chi connectivity index (χ0v) is 8.65. The van der Waals surface area contributed by atoms with E-state index in [1.54, 1.807) is 13.2 Å². The highest BCUT2D eigenvalue weighted by atomic mass is 79.9. The maximum atomic E-state index is 8.31. The van der Waals surface area contributed by atoms with Gasteiger partial charge in [0.2, 0.25) is 0 Å². The van der Waals surface area contributed by atoms with Crippen molar-refractivity contribution in [3.05, 3.63) is 38.7 Å². The summed E-state index contributed by atoms with van der Waals surface area (Å²) in [4.78, 5) is 2.74. The number of nitrogens with zero attached hydrogens (tertiary/aromatic N) is 3. The number of hydrogen-bond donors (Lipinski definition) is 0. The summed E-state index contributed by atoms with van der Waals surface area (Å²) >= 11 is 3.29. The molecular weight excluding hydrogens is 234 g/mol. The van der Waals surface area contributed by atoms with Gasteiger partial charge >= 0.3 is 0 Å². The molecule has 68 valence electrons. The highest BCUT2D eigenvalue weighted by Gasteiger charge is 2.00. The van der Waals surface area contributed by atoms with E-state index in [-0.39, 0.29) is 0 Å². The molecule has 0 aromatic heterocycles. The molecule has 5 heteroatoms. The quantitative estimate of drug-likeness (QED) is 0.454. The van der Waals surface area contributed by atoms with Crippen molar-refractivity contribution in [2.45, 2.75) is 6.61 Å². The first-order chi connectivity index (χ1) is 6.27. The normalized spacial score (nSPS) is 9.38. The minimum absolute atomic E-state index is 0.446. The standard InChI is InChI=1S/C8H8BrN3O/c1-13-5-6-2-3-7(9)4-8(6)11-12-10/h2-4H,5H2,1H3. The number of halogens is 1. The summed E-state index contributed by atoms with van der Waals surface area (Å²) in [6.45, 7) is 0.446. The summed E-state index contributed by atoms with van der Waals surface area (Å²) < 4.78 is 5.84. The molecular formula is C8H8BrN3O. The van der Waals surface area contributed by atoms with Crippen LogP contribution in [0.4, 0.5) is 5.69 Å². The zero-order valence-electron chi connectivity index (χ0n) is 7.07. The van der Waals surface area contributed by atoms with E-state index in [0.717, 1.165) is 10.0 Å². The first-order valence-electron chi connectivity index (χ1n) is 3.60. The second-order valence-corrected chi connectivity index (χ2v) is 3.31. The lowest BCUT2D eigenvalue weighted by atomic mass is 10.2. The van der Waals surface area contributed by atoms with Crippen molar-refractivity contribution in [1.29, 1.82) is 0 Å². The minimum atomic E-state index is 0.446.